The van der Waals surface area contributed by atoms with Gasteiger partial charge in [-0.3, -0.25) is 0 Å². The number of aliphatic hydroxyl groups is 1. The molecule has 12 heavy (non-hydrogen) atoms. The minimum atomic E-state index is -0.673. The number of ether oxygens (including phenoxy) is 3. The third-order valence-corrected chi connectivity index (χ3v) is 2.42. The van der Waals surface area contributed by atoms with Crippen LogP contribution in [0.1, 0.15) is 13.3 Å². The van der Waals surface area contributed by atoms with Gasteiger partial charge in [0, 0.05) is 20.6 Å². The molecule has 4 heteroatoms. The van der Waals surface area contributed by atoms with Crippen LogP contribution in [0.25, 0.3) is 0 Å². The van der Waals surface area contributed by atoms with Gasteiger partial charge in [0.2, 0.25) is 0 Å². The molecule has 2 unspecified atom stereocenters. The van der Waals surface area contributed by atoms with Gasteiger partial charge < -0.3 is 19.3 Å². The maximum Gasteiger partial charge on any atom is 0.196 e. The topological polar surface area (TPSA) is 47.9 Å². The van der Waals surface area contributed by atoms with Crippen molar-refractivity contribution in [3.8, 4) is 0 Å². The lowest BCUT2D eigenvalue weighted by Crippen LogP contribution is -2.40. The van der Waals surface area contributed by atoms with Gasteiger partial charge in [-0.15, -0.1) is 0 Å². The van der Waals surface area contributed by atoms with E-state index in [1.807, 2.05) is 6.92 Å². The molecule has 4 nitrogen and oxygen atoms in total. The molecule has 1 heterocycles. The van der Waals surface area contributed by atoms with E-state index in [1.165, 1.54) is 0 Å². The van der Waals surface area contributed by atoms with Gasteiger partial charge in [-0.2, -0.15) is 0 Å². The van der Waals surface area contributed by atoms with Gasteiger partial charge in [0.15, 0.2) is 5.79 Å². The molecule has 1 aliphatic heterocycles. The summed E-state index contributed by atoms with van der Waals surface area (Å²) >= 11 is 0. The zero-order valence-electron chi connectivity index (χ0n) is 7.74. The molecule has 2 atom stereocenters. The minimum absolute atomic E-state index is 0.0127. The minimum Gasteiger partial charge on any atom is -0.394 e. The predicted molar refractivity (Wildman–Crippen MR) is 42.8 cm³/mol. The lowest BCUT2D eigenvalue weighted by molar-refractivity contribution is -0.227. The molecule has 1 aliphatic rings. The van der Waals surface area contributed by atoms with Crippen LogP contribution in [-0.2, 0) is 14.2 Å². The maximum absolute atomic E-state index is 8.87. The van der Waals surface area contributed by atoms with Crippen molar-refractivity contribution < 1.29 is 19.3 Å². The first kappa shape index (κ1) is 9.92. The largest absolute Gasteiger partial charge is 0.394 e. The number of methoxy groups -OCH3 is 2. The number of hydrogen-bond acceptors (Lipinski definition) is 4. The summed E-state index contributed by atoms with van der Waals surface area (Å²) in [5.74, 6) is -0.673. The molecule has 1 rings (SSSR count). The summed E-state index contributed by atoms with van der Waals surface area (Å²) < 4.78 is 15.9. The molecule has 1 N–H and O–H groups in total. The standard InChI is InChI=1S/C8H16O4/c1-6-8(10-2,11-3)4-7(5-9)12-6/h6-7,9H,4-5H2,1-3H3. The monoisotopic (exact) mass is 176 g/mol. The number of hydrogen-bond donors (Lipinski definition) is 1. The zero-order chi connectivity index (χ0) is 9.19. The zero-order valence-corrected chi connectivity index (χ0v) is 7.74. The van der Waals surface area contributed by atoms with Crippen LogP contribution in [0.2, 0.25) is 0 Å². The van der Waals surface area contributed by atoms with Gasteiger partial charge in [0.05, 0.1) is 12.7 Å². The molecule has 1 fully saturated rings. The molecule has 0 aliphatic carbocycles. The lowest BCUT2D eigenvalue weighted by atomic mass is 10.1. The van der Waals surface area contributed by atoms with E-state index in [-0.39, 0.29) is 18.8 Å². The molecule has 0 aromatic heterocycles. The first-order chi connectivity index (χ1) is 5.68. The van der Waals surface area contributed by atoms with Crippen molar-refractivity contribution in [2.45, 2.75) is 31.3 Å². The summed E-state index contributed by atoms with van der Waals surface area (Å²) in [7, 11) is 3.17. The van der Waals surface area contributed by atoms with Crippen molar-refractivity contribution in [1.82, 2.24) is 0 Å². The highest BCUT2D eigenvalue weighted by molar-refractivity contribution is 4.87. The predicted octanol–water partition coefficient (Wildman–Crippen LogP) is 0.145. The Labute approximate surface area is 72.4 Å². The van der Waals surface area contributed by atoms with E-state index in [0.717, 1.165) is 0 Å². The Morgan fingerprint density at radius 1 is 1.50 bits per heavy atom. The summed E-state index contributed by atoms with van der Waals surface area (Å²) in [6.45, 7) is 1.89. The first-order valence-electron chi connectivity index (χ1n) is 4.05. The molecule has 0 aromatic carbocycles. The van der Waals surface area contributed by atoms with Crippen LogP contribution in [0.15, 0.2) is 0 Å². The Morgan fingerprint density at radius 3 is 2.33 bits per heavy atom. The normalized spacial score (nSPS) is 34.0. The van der Waals surface area contributed by atoms with E-state index in [0.29, 0.717) is 6.42 Å². The molecule has 0 aromatic rings. The van der Waals surface area contributed by atoms with Crippen LogP contribution in [-0.4, -0.2) is 43.9 Å². The van der Waals surface area contributed by atoms with Crippen molar-refractivity contribution >= 4 is 0 Å². The van der Waals surface area contributed by atoms with Crippen molar-refractivity contribution in [3.05, 3.63) is 0 Å². The second-order valence-electron chi connectivity index (χ2n) is 3.01. The van der Waals surface area contributed by atoms with Crippen LogP contribution >= 0.6 is 0 Å². The van der Waals surface area contributed by atoms with E-state index in [4.69, 9.17) is 19.3 Å². The Hall–Kier alpha value is -0.160. The van der Waals surface area contributed by atoms with E-state index in [2.05, 4.69) is 0 Å². The van der Waals surface area contributed by atoms with Gasteiger partial charge in [0.25, 0.3) is 0 Å². The fourth-order valence-corrected chi connectivity index (χ4v) is 1.61. The Balaban J connectivity index is 2.65. The van der Waals surface area contributed by atoms with Gasteiger partial charge in [0.1, 0.15) is 6.10 Å². The summed E-state index contributed by atoms with van der Waals surface area (Å²) in [4.78, 5) is 0. The second kappa shape index (κ2) is 3.70. The Kier molecular flexibility index (Phi) is 3.06. The molecule has 1 saturated heterocycles. The fraction of sp³-hybridized carbons (Fsp3) is 1.00. The average Bonchev–Trinajstić information content (AvgIpc) is 2.43. The molecule has 72 valence electrons. The van der Waals surface area contributed by atoms with Crippen LogP contribution in [0.3, 0.4) is 0 Å². The molecular formula is C8H16O4. The second-order valence-corrected chi connectivity index (χ2v) is 3.01. The summed E-state index contributed by atoms with van der Waals surface area (Å²) in [6, 6.07) is 0. The molecule has 0 saturated carbocycles. The van der Waals surface area contributed by atoms with Crippen LogP contribution in [0.4, 0.5) is 0 Å². The molecule has 0 spiro atoms. The maximum atomic E-state index is 8.87. The molecule has 0 bridgehead atoms. The molecular weight excluding hydrogens is 160 g/mol. The molecule has 0 amide bonds. The Bertz CT molecular complexity index is 144. The third-order valence-electron chi connectivity index (χ3n) is 2.42. The molecule has 0 radical (unpaired) electrons. The van der Waals surface area contributed by atoms with Gasteiger partial charge in [-0.05, 0) is 6.92 Å². The number of rotatable bonds is 3. The van der Waals surface area contributed by atoms with Crippen LogP contribution < -0.4 is 0 Å². The third kappa shape index (κ3) is 1.47. The van der Waals surface area contributed by atoms with Crippen molar-refractivity contribution in [2.24, 2.45) is 0 Å². The fourth-order valence-electron chi connectivity index (χ4n) is 1.61. The number of aliphatic hydroxyl groups excluding tert-OH is 1. The summed E-state index contributed by atoms with van der Waals surface area (Å²) in [5.41, 5.74) is 0. The van der Waals surface area contributed by atoms with Crippen LogP contribution in [0.5, 0.6) is 0 Å². The SMILES string of the molecule is COC1(OC)CC(CO)OC1C. The van der Waals surface area contributed by atoms with Crippen molar-refractivity contribution in [2.75, 3.05) is 20.8 Å². The van der Waals surface area contributed by atoms with E-state index in [1.54, 1.807) is 14.2 Å². The van der Waals surface area contributed by atoms with E-state index < -0.39 is 5.79 Å². The lowest BCUT2D eigenvalue weighted by Gasteiger charge is -2.28. The van der Waals surface area contributed by atoms with Crippen LogP contribution in [0, 0.1) is 0 Å². The summed E-state index contributed by atoms with van der Waals surface area (Å²) in [5, 5.41) is 8.87. The average molecular weight is 176 g/mol. The van der Waals surface area contributed by atoms with Gasteiger partial charge in [-0.1, -0.05) is 0 Å². The smallest absolute Gasteiger partial charge is 0.196 e. The van der Waals surface area contributed by atoms with E-state index in [9.17, 15) is 0 Å². The summed E-state index contributed by atoms with van der Waals surface area (Å²) in [6.07, 6.45) is 0.280. The highest BCUT2D eigenvalue weighted by Gasteiger charge is 2.46. The van der Waals surface area contributed by atoms with E-state index >= 15 is 0 Å². The van der Waals surface area contributed by atoms with Gasteiger partial charge >= 0.3 is 0 Å². The highest BCUT2D eigenvalue weighted by Crippen LogP contribution is 2.33. The quantitative estimate of drug-likeness (QED) is 0.622. The van der Waals surface area contributed by atoms with Gasteiger partial charge in [-0.25, -0.2) is 0 Å². The first-order valence-corrected chi connectivity index (χ1v) is 4.05. The van der Waals surface area contributed by atoms with Crippen molar-refractivity contribution in [1.29, 1.82) is 0 Å². The Morgan fingerprint density at radius 2 is 2.08 bits per heavy atom. The highest BCUT2D eigenvalue weighted by atomic mass is 16.7. The van der Waals surface area contributed by atoms with Crippen molar-refractivity contribution in [3.63, 3.8) is 0 Å².